The number of carbonyl (C=O) groups excluding carboxylic acids is 1. The van der Waals surface area contributed by atoms with Crippen LogP contribution in [0.2, 0.25) is 0 Å². The van der Waals surface area contributed by atoms with Gasteiger partial charge in [-0.25, -0.2) is 4.39 Å². The van der Waals surface area contributed by atoms with Crippen molar-refractivity contribution >= 4 is 5.91 Å². The smallest absolute Gasteiger partial charge is 0.251 e. The highest BCUT2D eigenvalue weighted by Crippen LogP contribution is 2.24. The molecule has 112 valence electrons. The Balaban J connectivity index is 2.74. The van der Waals surface area contributed by atoms with Crippen molar-refractivity contribution < 1.29 is 13.9 Å². The number of carbonyl (C=O) groups is 1. The van der Waals surface area contributed by atoms with E-state index < -0.39 is 5.82 Å². The van der Waals surface area contributed by atoms with Crippen molar-refractivity contribution in [2.45, 2.75) is 26.7 Å². The summed E-state index contributed by atoms with van der Waals surface area (Å²) in [6.45, 7) is 5.10. The molecular formula is C15H23FN2O2. The molecule has 0 aliphatic rings. The molecule has 0 aliphatic heterocycles. The molecule has 3 N–H and O–H groups in total. The molecule has 0 saturated heterocycles. The number of nitrogens with one attached hydrogen (secondary N) is 1. The average Bonchev–Trinajstić information content (AvgIpc) is 2.49. The van der Waals surface area contributed by atoms with Crippen LogP contribution < -0.4 is 15.8 Å². The SMILES string of the molecule is CCC(CC)(CN)CNC(=O)c1ccc(OC)c(F)c1. The van der Waals surface area contributed by atoms with Crippen LogP contribution in [0.15, 0.2) is 18.2 Å². The molecule has 0 atom stereocenters. The zero-order chi connectivity index (χ0) is 15.2. The average molecular weight is 282 g/mol. The van der Waals surface area contributed by atoms with Crippen LogP contribution in [-0.4, -0.2) is 26.1 Å². The van der Waals surface area contributed by atoms with Crippen LogP contribution >= 0.6 is 0 Å². The van der Waals surface area contributed by atoms with E-state index in [0.29, 0.717) is 13.1 Å². The molecule has 0 aromatic heterocycles. The van der Waals surface area contributed by atoms with Gasteiger partial charge in [-0.3, -0.25) is 4.79 Å². The monoisotopic (exact) mass is 282 g/mol. The van der Waals surface area contributed by atoms with E-state index in [9.17, 15) is 9.18 Å². The molecule has 4 nitrogen and oxygen atoms in total. The third-order valence-electron chi connectivity index (χ3n) is 3.97. The minimum atomic E-state index is -0.545. The maximum Gasteiger partial charge on any atom is 0.251 e. The van der Waals surface area contributed by atoms with Crippen LogP contribution in [-0.2, 0) is 0 Å². The van der Waals surface area contributed by atoms with Gasteiger partial charge in [0.2, 0.25) is 0 Å². The number of ether oxygens (including phenoxy) is 1. The van der Waals surface area contributed by atoms with E-state index in [1.807, 2.05) is 0 Å². The number of rotatable bonds is 7. The van der Waals surface area contributed by atoms with E-state index in [2.05, 4.69) is 19.2 Å². The van der Waals surface area contributed by atoms with Crippen LogP contribution in [0.1, 0.15) is 37.0 Å². The van der Waals surface area contributed by atoms with Gasteiger partial charge < -0.3 is 15.8 Å². The highest BCUT2D eigenvalue weighted by Gasteiger charge is 2.25. The van der Waals surface area contributed by atoms with Gasteiger partial charge >= 0.3 is 0 Å². The molecule has 0 radical (unpaired) electrons. The molecule has 1 amide bonds. The van der Waals surface area contributed by atoms with Gasteiger partial charge in [0.05, 0.1) is 7.11 Å². The van der Waals surface area contributed by atoms with Crippen LogP contribution in [0.4, 0.5) is 4.39 Å². The molecule has 20 heavy (non-hydrogen) atoms. The quantitative estimate of drug-likeness (QED) is 0.806. The first-order valence-corrected chi connectivity index (χ1v) is 6.83. The minimum Gasteiger partial charge on any atom is -0.494 e. The molecule has 0 heterocycles. The third kappa shape index (κ3) is 3.70. The number of amides is 1. The lowest BCUT2D eigenvalue weighted by atomic mass is 9.82. The first-order valence-electron chi connectivity index (χ1n) is 6.83. The highest BCUT2D eigenvalue weighted by molar-refractivity contribution is 5.94. The molecule has 0 spiro atoms. The molecule has 1 aromatic carbocycles. The second-order valence-corrected chi connectivity index (χ2v) is 4.94. The summed E-state index contributed by atoms with van der Waals surface area (Å²) in [5.41, 5.74) is 5.97. The van der Waals surface area contributed by atoms with Gasteiger partial charge in [0.15, 0.2) is 11.6 Å². The minimum absolute atomic E-state index is 0.0966. The Morgan fingerprint density at radius 2 is 2.05 bits per heavy atom. The Bertz CT molecular complexity index is 451. The summed E-state index contributed by atoms with van der Waals surface area (Å²) < 4.78 is 18.4. The molecule has 0 saturated carbocycles. The van der Waals surface area contributed by atoms with Gasteiger partial charge in [-0.1, -0.05) is 13.8 Å². The summed E-state index contributed by atoms with van der Waals surface area (Å²) in [5, 5.41) is 2.83. The van der Waals surface area contributed by atoms with E-state index in [1.54, 1.807) is 6.07 Å². The van der Waals surface area contributed by atoms with Crippen molar-refractivity contribution in [3.63, 3.8) is 0 Å². The van der Waals surface area contributed by atoms with Crippen molar-refractivity contribution in [2.24, 2.45) is 11.1 Å². The standard InChI is InChI=1S/C15H23FN2O2/c1-4-15(5-2,9-17)10-18-14(19)11-6-7-13(20-3)12(16)8-11/h6-8H,4-5,9-10,17H2,1-3H3,(H,18,19). The molecule has 0 fully saturated rings. The molecule has 0 bridgehead atoms. The molecular weight excluding hydrogens is 259 g/mol. The van der Waals surface area contributed by atoms with E-state index in [0.717, 1.165) is 12.8 Å². The van der Waals surface area contributed by atoms with Crippen LogP contribution in [0.25, 0.3) is 0 Å². The van der Waals surface area contributed by atoms with Gasteiger partial charge in [0, 0.05) is 12.1 Å². The predicted molar refractivity (Wildman–Crippen MR) is 77.4 cm³/mol. The Labute approximate surface area is 119 Å². The van der Waals surface area contributed by atoms with E-state index >= 15 is 0 Å². The van der Waals surface area contributed by atoms with Crippen molar-refractivity contribution in [2.75, 3.05) is 20.2 Å². The number of nitrogens with two attached hydrogens (primary N) is 1. The number of benzene rings is 1. The van der Waals surface area contributed by atoms with E-state index in [1.165, 1.54) is 19.2 Å². The first kappa shape index (κ1) is 16.4. The maximum absolute atomic E-state index is 13.6. The van der Waals surface area contributed by atoms with E-state index in [-0.39, 0.29) is 22.6 Å². The van der Waals surface area contributed by atoms with Crippen molar-refractivity contribution in [3.05, 3.63) is 29.6 Å². The fourth-order valence-corrected chi connectivity index (χ4v) is 2.04. The summed E-state index contributed by atoms with van der Waals surface area (Å²) in [5.74, 6) is -0.720. The summed E-state index contributed by atoms with van der Waals surface area (Å²) >= 11 is 0. The maximum atomic E-state index is 13.6. The number of halogens is 1. The van der Waals surface area contributed by atoms with Crippen LogP contribution in [0.5, 0.6) is 5.75 Å². The second-order valence-electron chi connectivity index (χ2n) is 4.94. The summed E-state index contributed by atoms with van der Waals surface area (Å²) in [6, 6.07) is 4.16. The van der Waals surface area contributed by atoms with Gasteiger partial charge in [0.1, 0.15) is 0 Å². The predicted octanol–water partition coefficient (Wildman–Crippen LogP) is 2.33. The molecule has 0 unspecified atom stereocenters. The largest absolute Gasteiger partial charge is 0.494 e. The second kappa shape index (κ2) is 7.24. The van der Waals surface area contributed by atoms with Crippen LogP contribution in [0, 0.1) is 11.2 Å². The number of hydrogen-bond donors (Lipinski definition) is 2. The van der Waals surface area contributed by atoms with Gasteiger partial charge in [0.25, 0.3) is 5.91 Å². The van der Waals surface area contributed by atoms with Gasteiger partial charge in [-0.15, -0.1) is 0 Å². The van der Waals surface area contributed by atoms with Crippen molar-refractivity contribution in [1.82, 2.24) is 5.32 Å². The molecule has 5 heteroatoms. The lowest BCUT2D eigenvalue weighted by Crippen LogP contribution is -2.41. The Morgan fingerprint density at radius 1 is 1.40 bits per heavy atom. The number of hydrogen-bond acceptors (Lipinski definition) is 3. The zero-order valence-corrected chi connectivity index (χ0v) is 12.3. The van der Waals surface area contributed by atoms with E-state index in [4.69, 9.17) is 10.5 Å². The third-order valence-corrected chi connectivity index (χ3v) is 3.97. The Kier molecular flexibility index (Phi) is 5.95. The lowest BCUT2D eigenvalue weighted by molar-refractivity contribution is 0.0927. The lowest BCUT2D eigenvalue weighted by Gasteiger charge is -2.30. The number of methoxy groups -OCH3 is 1. The fourth-order valence-electron chi connectivity index (χ4n) is 2.04. The molecule has 1 aromatic rings. The molecule has 0 aliphatic carbocycles. The normalized spacial score (nSPS) is 11.2. The van der Waals surface area contributed by atoms with Crippen LogP contribution in [0.3, 0.4) is 0 Å². The molecule has 1 rings (SSSR count). The summed E-state index contributed by atoms with van der Waals surface area (Å²) in [4.78, 5) is 12.0. The van der Waals surface area contributed by atoms with Gasteiger partial charge in [-0.2, -0.15) is 0 Å². The van der Waals surface area contributed by atoms with Crippen molar-refractivity contribution in [1.29, 1.82) is 0 Å². The fraction of sp³-hybridized carbons (Fsp3) is 0.533. The van der Waals surface area contributed by atoms with Crippen molar-refractivity contribution in [3.8, 4) is 5.75 Å². The highest BCUT2D eigenvalue weighted by atomic mass is 19.1. The topological polar surface area (TPSA) is 64.3 Å². The summed E-state index contributed by atoms with van der Waals surface area (Å²) in [6.07, 6.45) is 1.77. The summed E-state index contributed by atoms with van der Waals surface area (Å²) in [7, 11) is 1.39. The zero-order valence-electron chi connectivity index (χ0n) is 12.3. The first-order chi connectivity index (χ1) is 9.51. The Hall–Kier alpha value is -1.62. The Morgan fingerprint density at radius 3 is 2.50 bits per heavy atom. The van der Waals surface area contributed by atoms with Gasteiger partial charge in [-0.05, 0) is 43.0 Å².